The molecule has 26 heavy (non-hydrogen) atoms. The summed E-state index contributed by atoms with van der Waals surface area (Å²) in [4.78, 5) is 16.6. The lowest BCUT2D eigenvalue weighted by molar-refractivity contribution is -0.121. The Morgan fingerprint density at radius 3 is 2.46 bits per heavy atom. The first-order valence-electron chi connectivity index (χ1n) is 8.63. The summed E-state index contributed by atoms with van der Waals surface area (Å²) in [6, 6.07) is 21.5. The van der Waals surface area contributed by atoms with Crippen molar-refractivity contribution in [2.24, 2.45) is 0 Å². The van der Waals surface area contributed by atoms with Crippen LogP contribution < -0.4 is 10.1 Å². The van der Waals surface area contributed by atoms with Gasteiger partial charge in [-0.05, 0) is 47.4 Å². The van der Waals surface area contributed by atoms with Crippen molar-refractivity contribution < 1.29 is 9.53 Å². The van der Waals surface area contributed by atoms with Crippen LogP contribution in [-0.2, 0) is 11.2 Å². The molecule has 0 aliphatic heterocycles. The molecule has 1 unspecified atom stereocenters. The van der Waals surface area contributed by atoms with Crippen LogP contribution in [0.1, 0.15) is 29.2 Å². The standard InChI is InChI=1S/C22H22N2O2/c1-26-20-9-5-6-17(16-20)10-11-21(25)24-22(18-7-3-2-4-8-18)19-12-14-23-15-13-19/h2-9,12-16,22H,10-11H2,1H3,(H,24,25). The second kappa shape index (κ2) is 8.81. The fourth-order valence-corrected chi connectivity index (χ4v) is 2.88. The maximum absolute atomic E-state index is 12.6. The van der Waals surface area contributed by atoms with Gasteiger partial charge < -0.3 is 10.1 Å². The molecule has 4 heteroatoms. The lowest BCUT2D eigenvalue weighted by Gasteiger charge is -2.20. The van der Waals surface area contributed by atoms with Crippen molar-refractivity contribution in [2.45, 2.75) is 18.9 Å². The molecular weight excluding hydrogens is 324 g/mol. The van der Waals surface area contributed by atoms with Crippen molar-refractivity contribution in [3.8, 4) is 5.75 Å². The van der Waals surface area contributed by atoms with E-state index >= 15 is 0 Å². The Morgan fingerprint density at radius 2 is 1.73 bits per heavy atom. The van der Waals surface area contributed by atoms with Crippen LogP contribution in [0.15, 0.2) is 79.1 Å². The molecule has 0 radical (unpaired) electrons. The number of carbonyl (C=O) groups excluding carboxylic acids is 1. The largest absolute Gasteiger partial charge is 0.497 e. The number of aryl methyl sites for hydroxylation is 1. The van der Waals surface area contributed by atoms with E-state index in [2.05, 4.69) is 10.3 Å². The highest BCUT2D eigenvalue weighted by Crippen LogP contribution is 2.22. The average molecular weight is 346 g/mol. The van der Waals surface area contributed by atoms with Crippen LogP contribution in [0.4, 0.5) is 0 Å². The van der Waals surface area contributed by atoms with E-state index in [1.807, 2.05) is 66.7 Å². The van der Waals surface area contributed by atoms with Crippen molar-refractivity contribution in [3.05, 3.63) is 95.8 Å². The zero-order valence-electron chi connectivity index (χ0n) is 14.8. The highest BCUT2D eigenvalue weighted by atomic mass is 16.5. The van der Waals surface area contributed by atoms with Gasteiger partial charge >= 0.3 is 0 Å². The highest BCUT2D eigenvalue weighted by Gasteiger charge is 2.16. The van der Waals surface area contributed by atoms with Crippen LogP contribution in [0.5, 0.6) is 5.75 Å². The zero-order chi connectivity index (χ0) is 18.2. The Hall–Kier alpha value is -3.14. The molecule has 1 atom stereocenters. The Balaban J connectivity index is 1.69. The summed E-state index contributed by atoms with van der Waals surface area (Å²) in [5.74, 6) is 0.820. The van der Waals surface area contributed by atoms with E-state index in [1.165, 1.54) is 0 Å². The van der Waals surface area contributed by atoms with Crippen molar-refractivity contribution in [1.82, 2.24) is 10.3 Å². The number of rotatable bonds is 7. The molecule has 132 valence electrons. The van der Waals surface area contributed by atoms with Gasteiger partial charge in [-0.2, -0.15) is 0 Å². The van der Waals surface area contributed by atoms with Gasteiger partial charge in [0.1, 0.15) is 5.75 Å². The molecule has 0 aliphatic rings. The minimum Gasteiger partial charge on any atom is -0.497 e. The van der Waals surface area contributed by atoms with Crippen molar-refractivity contribution in [3.63, 3.8) is 0 Å². The first-order valence-corrected chi connectivity index (χ1v) is 8.63. The zero-order valence-corrected chi connectivity index (χ0v) is 14.8. The highest BCUT2D eigenvalue weighted by molar-refractivity contribution is 5.77. The third-order valence-corrected chi connectivity index (χ3v) is 4.25. The van der Waals surface area contributed by atoms with E-state index in [4.69, 9.17) is 4.74 Å². The molecule has 1 amide bonds. The SMILES string of the molecule is COc1cccc(CCC(=O)NC(c2ccccc2)c2ccncc2)c1. The first-order chi connectivity index (χ1) is 12.8. The van der Waals surface area contributed by atoms with Gasteiger partial charge in [-0.1, -0.05) is 42.5 Å². The molecule has 1 N–H and O–H groups in total. The van der Waals surface area contributed by atoms with Gasteiger partial charge in [0.05, 0.1) is 13.2 Å². The summed E-state index contributed by atoms with van der Waals surface area (Å²) in [6.45, 7) is 0. The molecule has 3 aromatic rings. The molecule has 1 heterocycles. The Kier molecular flexibility index (Phi) is 5.99. The normalized spacial score (nSPS) is 11.6. The predicted octanol–water partition coefficient (Wildman–Crippen LogP) is 3.93. The van der Waals surface area contributed by atoms with Crippen molar-refractivity contribution in [2.75, 3.05) is 7.11 Å². The van der Waals surface area contributed by atoms with E-state index in [1.54, 1.807) is 19.5 Å². The van der Waals surface area contributed by atoms with Crippen molar-refractivity contribution in [1.29, 1.82) is 0 Å². The van der Waals surface area contributed by atoms with Gasteiger partial charge in [-0.3, -0.25) is 9.78 Å². The number of ether oxygens (including phenoxy) is 1. The summed E-state index contributed by atoms with van der Waals surface area (Å²) in [6.07, 6.45) is 4.57. The second-order valence-corrected chi connectivity index (χ2v) is 6.04. The third kappa shape index (κ3) is 4.70. The molecule has 0 saturated heterocycles. The molecule has 0 spiro atoms. The van der Waals surface area contributed by atoms with Crippen LogP contribution >= 0.6 is 0 Å². The van der Waals surface area contributed by atoms with Crippen molar-refractivity contribution >= 4 is 5.91 Å². The van der Waals surface area contributed by atoms with E-state index in [-0.39, 0.29) is 11.9 Å². The summed E-state index contributed by atoms with van der Waals surface area (Å²) < 4.78 is 5.24. The summed E-state index contributed by atoms with van der Waals surface area (Å²) >= 11 is 0. The molecule has 1 aromatic heterocycles. The number of benzene rings is 2. The Labute approximate surface area is 153 Å². The Morgan fingerprint density at radius 1 is 1.00 bits per heavy atom. The van der Waals surface area contributed by atoms with E-state index in [9.17, 15) is 4.79 Å². The quantitative estimate of drug-likeness (QED) is 0.705. The molecule has 0 aliphatic carbocycles. The van der Waals surface area contributed by atoms with Crippen LogP contribution in [-0.4, -0.2) is 18.0 Å². The second-order valence-electron chi connectivity index (χ2n) is 6.04. The van der Waals surface area contributed by atoms with Gasteiger partial charge in [-0.15, -0.1) is 0 Å². The number of nitrogens with zero attached hydrogens (tertiary/aromatic N) is 1. The fourth-order valence-electron chi connectivity index (χ4n) is 2.88. The van der Waals surface area contributed by atoms with E-state index in [0.29, 0.717) is 12.8 Å². The monoisotopic (exact) mass is 346 g/mol. The summed E-state index contributed by atoms with van der Waals surface area (Å²) in [5, 5.41) is 3.15. The molecule has 4 nitrogen and oxygen atoms in total. The molecule has 0 fully saturated rings. The van der Waals surface area contributed by atoms with Crippen LogP contribution in [0.25, 0.3) is 0 Å². The lowest BCUT2D eigenvalue weighted by atomic mass is 9.99. The minimum absolute atomic E-state index is 0.0125. The van der Waals surface area contributed by atoms with Gasteiger partial charge in [0.25, 0.3) is 0 Å². The van der Waals surface area contributed by atoms with Gasteiger partial charge in [0.15, 0.2) is 0 Å². The Bertz CT molecular complexity index is 796. The number of hydrogen-bond donors (Lipinski definition) is 1. The number of nitrogens with one attached hydrogen (secondary N) is 1. The summed E-state index contributed by atoms with van der Waals surface area (Å²) in [5.41, 5.74) is 3.15. The molecular formula is C22H22N2O2. The number of aromatic nitrogens is 1. The first kappa shape index (κ1) is 17.7. The molecule has 2 aromatic carbocycles. The van der Waals surface area contributed by atoms with E-state index < -0.39 is 0 Å². The number of amides is 1. The lowest BCUT2D eigenvalue weighted by Crippen LogP contribution is -2.29. The predicted molar refractivity (Wildman–Crippen MR) is 102 cm³/mol. The maximum Gasteiger partial charge on any atom is 0.221 e. The van der Waals surface area contributed by atoms with Gasteiger partial charge in [0, 0.05) is 18.8 Å². The van der Waals surface area contributed by atoms with Gasteiger partial charge in [-0.25, -0.2) is 0 Å². The topological polar surface area (TPSA) is 51.2 Å². The van der Waals surface area contributed by atoms with Crippen LogP contribution in [0.3, 0.4) is 0 Å². The number of carbonyl (C=O) groups is 1. The fraction of sp³-hybridized carbons (Fsp3) is 0.182. The van der Waals surface area contributed by atoms with Gasteiger partial charge in [0.2, 0.25) is 5.91 Å². The molecule has 3 rings (SSSR count). The average Bonchev–Trinajstić information content (AvgIpc) is 2.72. The third-order valence-electron chi connectivity index (χ3n) is 4.25. The van der Waals surface area contributed by atoms with Crippen LogP contribution in [0, 0.1) is 0 Å². The number of pyridine rings is 1. The van der Waals surface area contributed by atoms with Crippen LogP contribution in [0.2, 0.25) is 0 Å². The maximum atomic E-state index is 12.6. The summed E-state index contributed by atoms with van der Waals surface area (Å²) in [7, 11) is 1.64. The minimum atomic E-state index is -0.183. The number of hydrogen-bond acceptors (Lipinski definition) is 3. The van der Waals surface area contributed by atoms with E-state index in [0.717, 1.165) is 22.4 Å². The molecule has 0 saturated carbocycles. The molecule has 0 bridgehead atoms. The smallest absolute Gasteiger partial charge is 0.221 e. The number of methoxy groups -OCH3 is 1.